The minimum absolute atomic E-state index is 0.857. The number of aromatic nitrogens is 1. The number of halogens is 1. The SMILES string of the molecule is Cc1c(-c2ocnc2CI)ccc2ccccc12. The third-order valence-electron chi connectivity index (χ3n) is 3.21. The van der Waals surface area contributed by atoms with E-state index in [0.29, 0.717) is 0 Å². The van der Waals surface area contributed by atoms with Gasteiger partial charge in [-0.2, -0.15) is 0 Å². The molecule has 3 aromatic rings. The zero-order chi connectivity index (χ0) is 12.5. The van der Waals surface area contributed by atoms with Crippen molar-refractivity contribution in [3.63, 3.8) is 0 Å². The van der Waals surface area contributed by atoms with E-state index in [0.717, 1.165) is 21.4 Å². The quantitative estimate of drug-likeness (QED) is 0.493. The highest BCUT2D eigenvalue weighted by Crippen LogP contribution is 2.32. The second-order valence-corrected chi connectivity index (χ2v) is 4.98. The molecule has 0 aliphatic carbocycles. The zero-order valence-corrected chi connectivity index (χ0v) is 12.1. The monoisotopic (exact) mass is 349 g/mol. The molecule has 0 spiro atoms. The van der Waals surface area contributed by atoms with Gasteiger partial charge < -0.3 is 4.42 Å². The van der Waals surface area contributed by atoms with Crippen LogP contribution in [0.4, 0.5) is 0 Å². The maximum Gasteiger partial charge on any atom is 0.181 e. The van der Waals surface area contributed by atoms with Gasteiger partial charge >= 0.3 is 0 Å². The molecule has 2 nitrogen and oxygen atoms in total. The fourth-order valence-electron chi connectivity index (χ4n) is 2.26. The molecule has 1 aromatic heterocycles. The van der Waals surface area contributed by atoms with Gasteiger partial charge in [0.15, 0.2) is 12.2 Å². The molecule has 0 unspecified atom stereocenters. The van der Waals surface area contributed by atoms with Crippen LogP contribution in [0.2, 0.25) is 0 Å². The van der Waals surface area contributed by atoms with Gasteiger partial charge in [0.25, 0.3) is 0 Å². The summed E-state index contributed by atoms with van der Waals surface area (Å²) in [7, 11) is 0. The van der Waals surface area contributed by atoms with Gasteiger partial charge in [-0.3, -0.25) is 0 Å². The Kier molecular flexibility index (Phi) is 3.07. The molecule has 3 rings (SSSR count). The normalized spacial score (nSPS) is 11.0. The van der Waals surface area contributed by atoms with Gasteiger partial charge in [-0.25, -0.2) is 4.98 Å². The molecular formula is C15H12INO. The van der Waals surface area contributed by atoms with Crippen molar-refractivity contribution in [1.82, 2.24) is 4.98 Å². The van der Waals surface area contributed by atoms with Crippen LogP contribution in [0.5, 0.6) is 0 Å². The summed E-state index contributed by atoms with van der Waals surface area (Å²) in [6, 6.07) is 12.7. The molecule has 18 heavy (non-hydrogen) atoms. The smallest absolute Gasteiger partial charge is 0.181 e. The Balaban J connectivity index is 2.27. The fourth-order valence-corrected chi connectivity index (χ4v) is 2.80. The van der Waals surface area contributed by atoms with Crippen LogP contribution in [-0.2, 0) is 4.43 Å². The number of hydrogen-bond acceptors (Lipinski definition) is 2. The lowest BCUT2D eigenvalue weighted by Gasteiger charge is -2.08. The van der Waals surface area contributed by atoms with Crippen molar-refractivity contribution in [3.8, 4) is 11.3 Å². The van der Waals surface area contributed by atoms with E-state index in [1.54, 1.807) is 0 Å². The van der Waals surface area contributed by atoms with Crippen LogP contribution in [-0.4, -0.2) is 4.98 Å². The minimum Gasteiger partial charge on any atom is -0.443 e. The second kappa shape index (κ2) is 4.72. The number of rotatable bonds is 2. The number of hydrogen-bond donors (Lipinski definition) is 0. The van der Waals surface area contributed by atoms with E-state index in [9.17, 15) is 0 Å². The van der Waals surface area contributed by atoms with Crippen LogP contribution in [0.1, 0.15) is 11.3 Å². The third-order valence-corrected chi connectivity index (χ3v) is 3.93. The molecule has 2 aromatic carbocycles. The van der Waals surface area contributed by atoms with Gasteiger partial charge in [0, 0.05) is 9.99 Å². The molecule has 0 amide bonds. The van der Waals surface area contributed by atoms with Crippen LogP contribution < -0.4 is 0 Å². The molecule has 0 radical (unpaired) electrons. The van der Waals surface area contributed by atoms with Crippen LogP contribution in [0.3, 0.4) is 0 Å². The molecule has 0 bridgehead atoms. The van der Waals surface area contributed by atoms with Gasteiger partial charge in [0.05, 0.1) is 5.69 Å². The molecule has 0 N–H and O–H groups in total. The summed E-state index contributed by atoms with van der Waals surface area (Å²) in [5.41, 5.74) is 3.39. The Morgan fingerprint density at radius 1 is 1.17 bits per heavy atom. The first-order valence-electron chi connectivity index (χ1n) is 5.78. The zero-order valence-electron chi connectivity index (χ0n) is 9.98. The Morgan fingerprint density at radius 3 is 2.83 bits per heavy atom. The molecule has 0 saturated heterocycles. The molecule has 0 aliphatic heterocycles. The molecule has 0 aliphatic rings. The topological polar surface area (TPSA) is 26.0 Å². The van der Waals surface area contributed by atoms with Crippen LogP contribution in [0.25, 0.3) is 22.1 Å². The first-order chi connectivity index (χ1) is 8.81. The first-order valence-corrected chi connectivity index (χ1v) is 7.31. The highest BCUT2D eigenvalue weighted by Gasteiger charge is 2.13. The summed E-state index contributed by atoms with van der Waals surface area (Å²) < 4.78 is 6.41. The summed E-state index contributed by atoms with van der Waals surface area (Å²) in [5, 5.41) is 2.53. The predicted molar refractivity (Wildman–Crippen MR) is 81.9 cm³/mol. The second-order valence-electron chi connectivity index (χ2n) is 4.22. The first kappa shape index (κ1) is 11.7. The van der Waals surface area contributed by atoms with Gasteiger partial charge in [-0.15, -0.1) is 0 Å². The van der Waals surface area contributed by atoms with Crippen molar-refractivity contribution in [2.24, 2.45) is 0 Å². The van der Waals surface area contributed by atoms with Crippen molar-refractivity contribution in [3.05, 3.63) is 54.0 Å². The Hall–Kier alpha value is -1.36. The standard InChI is InChI=1S/C15H12INO/c1-10-12-5-3-2-4-11(12)6-7-13(10)15-14(8-16)17-9-18-15/h2-7,9H,8H2,1H3. The van der Waals surface area contributed by atoms with E-state index in [-0.39, 0.29) is 0 Å². The molecular weight excluding hydrogens is 337 g/mol. The summed E-state index contributed by atoms with van der Waals surface area (Å²) in [4.78, 5) is 4.26. The van der Waals surface area contributed by atoms with Gasteiger partial charge in [0.2, 0.25) is 0 Å². The number of nitrogens with zero attached hydrogens (tertiary/aromatic N) is 1. The number of aryl methyl sites for hydroxylation is 1. The molecule has 1 heterocycles. The summed E-state index contributed by atoms with van der Waals surface area (Å²) in [6.45, 7) is 2.14. The lowest BCUT2D eigenvalue weighted by Crippen LogP contribution is -1.88. The molecule has 0 atom stereocenters. The number of alkyl halides is 1. The number of oxazole rings is 1. The van der Waals surface area contributed by atoms with E-state index >= 15 is 0 Å². The van der Waals surface area contributed by atoms with E-state index in [4.69, 9.17) is 4.42 Å². The highest BCUT2D eigenvalue weighted by atomic mass is 127. The van der Waals surface area contributed by atoms with E-state index < -0.39 is 0 Å². The highest BCUT2D eigenvalue weighted by molar-refractivity contribution is 14.1. The minimum atomic E-state index is 0.857. The van der Waals surface area contributed by atoms with Gasteiger partial charge in [-0.1, -0.05) is 59.0 Å². The predicted octanol–water partition coefficient (Wildman–Crippen LogP) is 4.74. The maximum atomic E-state index is 5.56. The van der Waals surface area contributed by atoms with Crippen molar-refractivity contribution in [2.75, 3.05) is 0 Å². The summed E-state index contributed by atoms with van der Waals surface area (Å²) in [5.74, 6) is 0.896. The number of benzene rings is 2. The van der Waals surface area contributed by atoms with E-state index in [1.807, 2.05) is 0 Å². The van der Waals surface area contributed by atoms with Crippen LogP contribution >= 0.6 is 22.6 Å². The lowest BCUT2D eigenvalue weighted by atomic mass is 9.98. The van der Waals surface area contributed by atoms with E-state index in [1.165, 1.54) is 22.7 Å². The molecule has 0 saturated carbocycles. The van der Waals surface area contributed by atoms with Gasteiger partial charge in [-0.05, 0) is 23.3 Å². The Morgan fingerprint density at radius 2 is 2.00 bits per heavy atom. The van der Waals surface area contributed by atoms with Crippen molar-refractivity contribution >= 4 is 33.4 Å². The average Bonchev–Trinajstić information content (AvgIpc) is 2.88. The average molecular weight is 349 g/mol. The Bertz CT molecular complexity index is 703. The number of fused-ring (bicyclic) bond motifs is 1. The molecule has 90 valence electrons. The van der Waals surface area contributed by atoms with Crippen molar-refractivity contribution in [2.45, 2.75) is 11.4 Å². The van der Waals surface area contributed by atoms with E-state index in [2.05, 4.69) is 70.9 Å². The summed E-state index contributed by atoms with van der Waals surface area (Å²) >= 11 is 2.31. The Labute approximate surface area is 119 Å². The van der Waals surface area contributed by atoms with Gasteiger partial charge in [0.1, 0.15) is 0 Å². The largest absolute Gasteiger partial charge is 0.443 e. The third kappa shape index (κ3) is 1.82. The van der Waals surface area contributed by atoms with Crippen LogP contribution in [0, 0.1) is 6.92 Å². The van der Waals surface area contributed by atoms with Crippen LogP contribution in [0.15, 0.2) is 47.2 Å². The molecule has 0 fully saturated rings. The molecule has 3 heteroatoms. The lowest BCUT2D eigenvalue weighted by molar-refractivity contribution is 0.571. The maximum absolute atomic E-state index is 5.56. The van der Waals surface area contributed by atoms with Crippen molar-refractivity contribution < 1.29 is 4.42 Å². The fraction of sp³-hybridized carbons (Fsp3) is 0.133. The summed E-state index contributed by atoms with van der Waals surface area (Å²) in [6.07, 6.45) is 1.53. The van der Waals surface area contributed by atoms with Crippen molar-refractivity contribution in [1.29, 1.82) is 0 Å².